The van der Waals surface area contributed by atoms with Crippen LogP contribution >= 0.6 is 11.6 Å². The SMILES string of the molecule is CCCCC1CCC(C(=O)Cc2ccc(F)c(Cl)c2)CC1. The molecule has 0 aromatic heterocycles. The number of Topliss-reactive ketones (excluding diaryl/α,β-unsaturated/α-hetero) is 1. The molecule has 1 aromatic rings. The molecule has 1 aliphatic carbocycles. The van der Waals surface area contributed by atoms with Crippen molar-refractivity contribution in [1.29, 1.82) is 0 Å². The smallest absolute Gasteiger partial charge is 0.141 e. The summed E-state index contributed by atoms with van der Waals surface area (Å²) in [5.74, 6) is 0.858. The van der Waals surface area contributed by atoms with Crippen molar-refractivity contribution in [3.05, 3.63) is 34.6 Å². The third kappa shape index (κ3) is 4.81. The molecule has 1 fully saturated rings. The van der Waals surface area contributed by atoms with Gasteiger partial charge in [0.05, 0.1) is 5.02 Å². The van der Waals surface area contributed by atoms with E-state index in [1.807, 2.05) is 0 Å². The maximum absolute atomic E-state index is 13.1. The first-order valence-electron chi connectivity index (χ1n) is 8.06. The Labute approximate surface area is 131 Å². The van der Waals surface area contributed by atoms with Gasteiger partial charge >= 0.3 is 0 Å². The number of carbonyl (C=O) groups excluding carboxylic acids is 1. The minimum atomic E-state index is -0.427. The summed E-state index contributed by atoms with van der Waals surface area (Å²) >= 11 is 5.76. The highest BCUT2D eigenvalue weighted by Crippen LogP contribution is 2.33. The Hall–Kier alpha value is -0.890. The maximum Gasteiger partial charge on any atom is 0.141 e. The molecule has 0 amide bonds. The van der Waals surface area contributed by atoms with Crippen molar-refractivity contribution in [3.8, 4) is 0 Å². The van der Waals surface area contributed by atoms with E-state index in [4.69, 9.17) is 11.6 Å². The first-order valence-corrected chi connectivity index (χ1v) is 8.44. The zero-order chi connectivity index (χ0) is 15.2. The molecule has 0 bridgehead atoms. The second-order valence-corrected chi connectivity index (χ2v) is 6.66. The van der Waals surface area contributed by atoms with Crippen LogP contribution in [0, 0.1) is 17.7 Å². The number of benzene rings is 1. The summed E-state index contributed by atoms with van der Waals surface area (Å²) in [5.41, 5.74) is 0.819. The van der Waals surface area contributed by atoms with Crippen molar-refractivity contribution in [2.45, 2.75) is 58.3 Å². The Bertz CT molecular complexity index is 478. The molecule has 0 heterocycles. The van der Waals surface area contributed by atoms with E-state index in [0.29, 0.717) is 6.42 Å². The van der Waals surface area contributed by atoms with Crippen molar-refractivity contribution < 1.29 is 9.18 Å². The van der Waals surface area contributed by atoms with E-state index in [9.17, 15) is 9.18 Å². The van der Waals surface area contributed by atoms with E-state index in [1.54, 1.807) is 12.1 Å². The van der Waals surface area contributed by atoms with Crippen molar-refractivity contribution in [3.63, 3.8) is 0 Å². The summed E-state index contributed by atoms with van der Waals surface area (Å²) in [6, 6.07) is 4.57. The molecule has 0 spiro atoms. The predicted octanol–water partition coefficient (Wildman–Crippen LogP) is 5.59. The van der Waals surface area contributed by atoms with Crippen LogP contribution < -0.4 is 0 Å². The van der Waals surface area contributed by atoms with Crippen LogP contribution in [0.25, 0.3) is 0 Å². The van der Waals surface area contributed by atoms with E-state index in [1.165, 1.54) is 38.2 Å². The van der Waals surface area contributed by atoms with Gasteiger partial charge in [-0.15, -0.1) is 0 Å². The van der Waals surface area contributed by atoms with E-state index in [0.717, 1.165) is 24.3 Å². The van der Waals surface area contributed by atoms with E-state index >= 15 is 0 Å². The number of unbranched alkanes of at least 4 members (excludes halogenated alkanes) is 1. The lowest BCUT2D eigenvalue weighted by atomic mass is 9.77. The van der Waals surface area contributed by atoms with Gasteiger partial charge in [-0.3, -0.25) is 4.79 Å². The van der Waals surface area contributed by atoms with Crippen LogP contribution in [-0.2, 0) is 11.2 Å². The van der Waals surface area contributed by atoms with Gasteiger partial charge in [-0.2, -0.15) is 0 Å². The second-order valence-electron chi connectivity index (χ2n) is 6.25. The van der Waals surface area contributed by atoms with Crippen LogP contribution in [0.4, 0.5) is 4.39 Å². The lowest BCUT2D eigenvalue weighted by molar-refractivity contribution is -0.123. The highest BCUT2D eigenvalue weighted by atomic mass is 35.5. The Kier molecular flexibility index (Phi) is 6.22. The molecule has 1 aliphatic rings. The van der Waals surface area contributed by atoms with Crippen LogP contribution in [0.2, 0.25) is 5.02 Å². The zero-order valence-electron chi connectivity index (χ0n) is 12.7. The molecule has 0 aliphatic heterocycles. The lowest BCUT2D eigenvalue weighted by Crippen LogP contribution is -2.23. The maximum atomic E-state index is 13.1. The normalized spacial score (nSPS) is 22.2. The van der Waals surface area contributed by atoms with Crippen LogP contribution in [0.5, 0.6) is 0 Å². The van der Waals surface area contributed by atoms with Gasteiger partial charge in [-0.1, -0.05) is 43.9 Å². The van der Waals surface area contributed by atoms with Crippen molar-refractivity contribution in [2.75, 3.05) is 0 Å². The fourth-order valence-electron chi connectivity index (χ4n) is 3.26. The molecule has 0 N–H and O–H groups in total. The Morgan fingerprint density at radius 3 is 2.62 bits per heavy atom. The molecule has 1 aromatic carbocycles. The second kappa shape index (κ2) is 7.93. The molecule has 1 saturated carbocycles. The van der Waals surface area contributed by atoms with Gasteiger partial charge in [0.25, 0.3) is 0 Å². The van der Waals surface area contributed by atoms with Gasteiger partial charge in [0.15, 0.2) is 0 Å². The third-order valence-corrected chi connectivity index (χ3v) is 4.92. The summed E-state index contributed by atoms with van der Waals surface area (Å²) in [6.45, 7) is 2.23. The Morgan fingerprint density at radius 2 is 2.00 bits per heavy atom. The highest BCUT2D eigenvalue weighted by molar-refractivity contribution is 6.30. The molecular formula is C18H24ClFO. The minimum Gasteiger partial charge on any atom is -0.299 e. The Balaban J connectivity index is 1.83. The van der Waals surface area contributed by atoms with Crippen LogP contribution in [0.3, 0.4) is 0 Å². The average Bonchev–Trinajstić information content (AvgIpc) is 2.49. The summed E-state index contributed by atoms with van der Waals surface area (Å²) in [5, 5.41) is 0.101. The summed E-state index contributed by atoms with van der Waals surface area (Å²) < 4.78 is 13.1. The summed E-state index contributed by atoms with van der Waals surface area (Å²) in [6.07, 6.45) is 8.64. The number of halogens is 2. The molecule has 116 valence electrons. The quantitative estimate of drug-likeness (QED) is 0.669. The van der Waals surface area contributed by atoms with Gasteiger partial charge in [-0.25, -0.2) is 4.39 Å². The molecular weight excluding hydrogens is 287 g/mol. The minimum absolute atomic E-state index is 0.101. The average molecular weight is 311 g/mol. The number of carbonyl (C=O) groups is 1. The van der Waals surface area contributed by atoms with Gasteiger partial charge in [-0.05, 0) is 49.3 Å². The lowest BCUT2D eigenvalue weighted by Gasteiger charge is -2.27. The van der Waals surface area contributed by atoms with E-state index in [-0.39, 0.29) is 16.7 Å². The molecule has 2 rings (SSSR count). The molecule has 0 radical (unpaired) electrons. The van der Waals surface area contributed by atoms with E-state index in [2.05, 4.69) is 6.92 Å². The van der Waals surface area contributed by atoms with Crippen LogP contribution in [0.1, 0.15) is 57.4 Å². The van der Waals surface area contributed by atoms with Crippen molar-refractivity contribution in [1.82, 2.24) is 0 Å². The van der Waals surface area contributed by atoms with Crippen molar-refractivity contribution in [2.24, 2.45) is 11.8 Å². The van der Waals surface area contributed by atoms with Gasteiger partial charge in [0.1, 0.15) is 11.6 Å². The zero-order valence-corrected chi connectivity index (χ0v) is 13.5. The third-order valence-electron chi connectivity index (χ3n) is 4.63. The van der Waals surface area contributed by atoms with Crippen molar-refractivity contribution >= 4 is 17.4 Å². The highest BCUT2D eigenvalue weighted by Gasteiger charge is 2.25. The molecule has 21 heavy (non-hydrogen) atoms. The van der Waals surface area contributed by atoms with Gasteiger partial charge in [0, 0.05) is 12.3 Å². The largest absolute Gasteiger partial charge is 0.299 e. The molecule has 0 unspecified atom stereocenters. The fraction of sp³-hybridized carbons (Fsp3) is 0.611. The molecule has 1 nitrogen and oxygen atoms in total. The summed E-state index contributed by atoms with van der Waals surface area (Å²) in [4.78, 5) is 12.3. The molecule has 0 atom stereocenters. The number of ketones is 1. The first kappa shape index (κ1) is 16.5. The monoisotopic (exact) mass is 310 g/mol. The first-order chi connectivity index (χ1) is 10.1. The number of hydrogen-bond donors (Lipinski definition) is 0. The predicted molar refractivity (Wildman–Crippen MR) is 85.1 cm³/mol. The van der Waals surface area contributed by atoms with Gasteiger partial charge < -0.3 is 0 Å². The topological polar surface area (TPSA) is 17.1 Å². The fourth-order valence-corrected chi connectivity index (χ4v) is 3.46. The van der Waals surface area contributed by atoms with E-state index < -0.39 is 5.82 Å². The number of rotatable bonds is 6. The van der Waals surface area contributed by atoms with Crippen LogP contribution in [-0.4, -0.2) is 5.78 Å². The number of hydrogen-bond acceptors (Lipinski definition) is 1. The van der Waals surface area contributed by atoms with Crippen LogP contribution in [0.15, 0.2) is 18.2 Å². The summed E-state index contributed by atoms with van der Waals surface area (Å²) in [7, 11) is 0. The van der Waals surface area contributed by atoms with Gasteiger partial charge in [0.2, 0.25) is 0 Å². The molecule has 0 saturated heterocycles. The standard InChI is InChI=1S/C18H24ClFO/c1-2-3-4-13-5-8-15(9-6-13)18(21)12-14-7-10-17(20)16(19)11-14/h7,10-11,13,15H,2-6,8-9,12H2,1H3. The molecule has 3 heteroatoms. The Morgan fingerprint density at radius 1 is 1.29 bits per heavy atom.